The van der Waals surface area contributed by atoms with Gasteiger partial charge in [-0.15, -0.1) is 0 Å². The zero-order valence-electron chi connectivity index (χ0n) is 21.9. The number of ether oxygens (including phenoxy) is 3. The summed E-state index contributed by atoms with van der Waals surface area (Å²) in [6, 6.07) is 14.7. The molecule has 202 valence electrons. The summed E-state index contributed by atoms with van der Waals surface area (Å²) in [6.45, 7) is 6.93. The molecule has 0 atom stereocenters. The number of rotatable bonds is 12. The minimum atomic E-state index is -1.04. The van der Waals surface area contributed by atoms with Gasteiger partial charge in [0.25, 0.3) is 0 Å². The predicted molar refractivity (Wildman–Crippen MR) is 144 cm³/mol. The molecule has 0 spiro atoms. The fourth-order valence-corrected chi connectivity index (χ4v) is 4.68. The van der Waals surface area contributed by atoms with E-state index < -0.39 is 23.7 Å². The third kappa shape index (κ3) is 6.86. The van der Waals surface area contributed by atoms with Crippen LogP contribution < -0.4 is 4.74 Å². The first-order valence-corrected chi connectivity index (χ1v) is 13.4. The largest absolute Gasteiger partial charge is 0.486 e. The Labute approximate surface area is 223 Å². The zero-order valence-corrected chi connectivity index (χ0v) is 21.9. The Morgan fingerprint density at radius 1 is 0.842 bits per heavy atom. The summed E-state index contributed by atoms with van der Waals surface area (Å²) in [5, 5.41) is 0. The minimum Gasteiger partial charge on any atom is -0.486 e. The van der Waals surface area contributed by atoms with E-state index in [0.717, 1.165) is 12.0 Å². The van der Waals surface area contributed by atoms with Gasteiger partial charge in [-0.25, -0.2) is 8.78 Å². The van der Waals surface area contributed by atoms with E-state index in [9.17, 15) is 8.78 Å². The van der Waals surface area contributed by atoms with E-state index >= 15 is 4.39 Å². The zero-order chi connectivity index (χ0) is 26.9. The molecule has 1 aliphatic rings. The maximum atomic E-state index is 15.0. The highest BCUT2D eigenvalue weighted by Gasteiger charge is 2.25. The third-order valence-electron chi connectivity index (χ3n) is 6.87. The van der Waals surface area contributed by atoms with Crippen molar-refractivity contribution < 1.29 is 27.4 Å². The van der Waals surface area contributed by atoms with Crippen molar-refractivity contribution in [2.24, 2.45) is 5.92 Å². The number of hydrogen-bond acceptors (Lipinski definition) is 3. The summed E-state index contributed by atoms with van der Waals surface area (Å²) < 4.78 is 60.9. The summed E-state index contributed by atoms with van der Waals surface area (Å²) in [7, 11) is 0. The lowest BCUT2D eigenvalue weighted by molar-refractivity contribution is -0.207. The van der Waals surface area contributed by atoms with Crippen molar-refractivity contribution in [3.05, 3.63) is 90.3 Å². The van der Waals surface area contributed by atoms with Crippen LogP contribution in [0.5, 0.6) is 5.75 Å². The summed E-state index contributed by atoms with van der Waals surface area (Å²) in [5.41, 5.74) is 2.41. The highest BCUT2D eigenvalue weighted by molar-refractivity contribution is 5.71. The minimum absolute atomic E-state index is 0.0818. The monoisotopic (exact) mass is 524 g/mol. The first-order valence-electron chi connectivity index (χ1n) is 13.4. The van der Waals surface area contributed by atoms with Gasteiger partial charge in [-0.3, -0.25) is 0 Å². The number of benzene rings is 3. The molecule has 1 heterocycles. The fraction of sp³-hybridized carbons (Fsp3) is 0.375. The van der Waals surface area contributed by atoms with Crippen molar-refractivity contribution in [1.29, 1.82) is 0 Å². The van der Waals surface area contributed by atoms with Crippen LogP contribution >= 0.6 is 0 Å². The van der Waals surface area contributed by atoms with Crippen LogP contribution in [0.2, 0.25) is 0 Å². The predicted octanol–water partition coefficient (Wildman–Crippen LogP) is 9.02. The molecular formula is C32H35F3O3. The molecule has 3 aromatic rings. The van der Waals surface area contributed by atoms with E-state index in [1.165, 1.54) is 56.4 Å². The lowest BCUT2D eigenvalue weighted by Crippen LogP contribution is -2.27. The van der Waals surface area contributed by atoms with Crippen LogP contribution in [0.3, 0.4) is 0 Å². The highest BCUT2D eigenvalue weighted by atomic mass is 19.2. The molecule has 0 bridgehead atoms. The lowest BCUT2D eigenvalue weighted by Gasteiger charge is -2.30. The van der Waals surface area contributed by atoms with Gasteiger partial charge in [0.15, 0.2) is 17.9 Å². The smallest absolute Gasteiger partial charge is 0.201 e. The molecule has 0 unspecified atom stereocenters. The Morgan fingerprint density at radius 3 is 2.21 bits per heavy atom. The maximum absolute atomic E-state index is 15.0. The van der Waals surface area contributed by atoms with Crippen LogP contribution in [0.1, 0.15) is 57.3 Å². The first kappa shape index (κ1) is 27.9. The molecule has 0 radical (unpaired) electrons. The quantitative estimate of drug-likeness (QED) is 0.175. The molecule has 0 aromatic heterocycles. The van der Waals surface area contributed by atoms with Crippen LogP contribution in [0.15, 0.2) is 67.3 Å². The average molecular weight is 525 g/mol. The van der Waals surface area contributed by atoms with E-state index in [4.69, 9.17) is 14.2 Å². The molecule has 0 aliphatic carbocycles. The molecule has 1 fully saturated rings. The molecule has 3 nitrogen and oxygen atoms in total. The van der Waals surface area contributed by atoms with Crippen LogP contribution in [0.25, 0.3) is 22.3 Å². The molecule has 6 heteroatoms. The fourth-order valence-electron chi connectivity index (χ4n) is 4.68. The summed E-state index contributed by atoms with van der Waals surface area (Å²) in [4.78, 5) is 0. The van der Waals surface area contributed by atoms with E-state index in [1.807, 2.05) is 6.07 Å². The van der Waals surface area contributed by atoms with Crippen molar-refractivity contribution in [3.63, 3.8) is 0 Å². The van der Waals surface area contributed by atoms with Crippen molar-refractivity contribution in [2.75, 3.05) is 19.8 Å². The number of unbranched alkanes of at least 4 members (excludes halogenated alkanes) is 4. The first-order chi connectivity index (χ1) is 18.5. The summed E-state index contributed by atoms with van der Waals surface area (Å²) in [5.74, 6) is -2.25. The van der Waals surface area contributed by atoms with Gasteiger partial charge in [-0.1, -0.05) is 88.1 Å². The maximum Gasteiger partial charge on any atom is 0.201 e. The van der Waals surface area contributed by atoms with Gasteiger partial charge >= 0.3 is 0 Å². The van der Waals surface area contributed by atoms with Crippen molar-refractivity contribution >= 4 is 0 Å². The van der Waals surface area contributed by atoms with Gasteiger partial charge in [0.05, 0.1) is 13.2 Å². The molecule has 4 rings (SSSR count). The van der Waals surface area contributed by atoms with Crippen LogP contribution in [0.4, 0.5) is 13.2 Å². The van der Waals surface area contributed by atoms with E-state index in [-0.39, 0.29) is 17.9 Å². The topological polar surface area (TPSA) is 27.7 Å². The Kier molecular flexibility index (Phi) is 10.0. The highest BCUT2D eigenvalue weighted by Crippen LogP contribution is 2.34. The molecule has 1 aliphatic heterocycles. The lowest BCUT2D eigenvalue weighted by atomic mass is 9.98. The van der Waals surface area contributed by atoms with Crippen LogP contribution in [0, 0.1) is 23.4 Å². The van der Waals surface area contributed by atoms with Gasteiger partial charge in [-0.2, -0.15) is 4.39 Å². The van der Waals surface area contributed by atoms with Crippen LogP contribution in [-0.4, -0.2) is 19.8 Å². The van der Waals surface area contributed by atoms with Crippen molar-refractivity contribution in [3.8, 4) is 28.0 Å². The standard InChI is InChI=1S/C32H35F3O3/c1-3-5-6-7-8-9-22-20-37-32(38-21-22)27-15-14-25(19-28(27)33)23-10-12-24(13-11-23)26-16-17-29(36-18-4-2)31(35)30(26)34/h4,10-17,19,22,32H,2-3,5-9,18,20-21H2,1H3. The van der Waals surface area contributed by atoms with Gasteiger partial charge in [-0.05, 0) is 41.3 Å². The Balaban J connectivity index is 1.38. The van der Waals surface area contributed by atoms with Gasteiger partial charge < -0.3 is 14.2 Å². The van der Waals surface area contributed by atoms with Gasteiger partial charge in [0.2, 0.25) is 5.82 Å². The number of hydrogen-bond donors (Lipinski definition) is 0. The second-order valence-corrected chi connectivity index (χ2v) is 9.72. The Hall–Kier alpha value is -3.09. The molecule has 3 aromatic carbocycles. The molecule has 0 saturated carbocycles. The molecular weight excluding hydrogens is 489 g/mol. The van der Waals surface area contributed by atoms with E-state index in [0.29, 0.717) is 35.8 Å². The van der Waals surface area contributed by atoms with Gasteiger partial charge in [0, 0.05) is 17.0 Å². The Morgan fingerprint density at radius 2 is 1.53 bits per heavy atom. The number of halogens is 3. The summed E-state index contributed by atoms with van der Waals surface area (Å²) in [6.07, 6.45) is 7.99. The molecule has 0 amide bonds. The van der Waals surface area contributed by atoms with Crippen molar-refractivity contribution in [1.82, 2.24) is 0 Å². The normalized spacial score (nSPS) is 17.4. The second-order valence-electron chi connectivity index (χ2n) is 9.72. The van der Waals surface area contributed by atoms with E-state index in [1.54, 1.807) is 30.3 Å². The second kappa shape index (κ2) is 13.6. The van der Waals surface area contributed by atoms with Gasteiger partial charge in [0.1, 0.15) is 12.4 Å². The summed E-state index contributed by atoms with van der Waals surface area (Å²) >= 11 is 0. The average Bonchev–Trinajstić information content (AvgIpc) is 2.94. The Bertz CT molecular complexity index is 1200. The SMILES string of the molecule is C=CCOc1ccc(-c2ccc(-c3ccc(C4OCC(CCCCCCC)CO4)c(F)c3)cc2)c(F)c1F. The third-order valence-corrected chi connectivity index (χ3v) is 6.87. The molecule has 1 saturated heterocycles. The van der Waals surface area contributed by atoms with E-state index in [2.05, 4.69) is 13.5 Å². The molecule has 0 N–H and O–H groups in total. The van der Waals surface area contributed by atoms with Crippen molar-refractivity contribution in [2.45, 2.75) is 51.7 Å². The van der Waals surface area contributed by atoms with Crippen LogP contribution in [-0.2, 0) is 9.47 Å². The molecule has 38 heavy (non-hydrogen) atoms.